The molecule has 4 rings (SSSR count). The molecule has 0 N–H and O–H groups in total. The van der Waals surface area contributed by atoms with E-state index in [0.717, 1.165) is 25.4 Å². The summed E-state index contributed by atoms with van der Waals surface area (Å²) in [4.78, 5) is 0. The molecule has 0 radical (unpaired) electrons. The Balaban J connectivity index is 0.000000209. The van der Waals surface area contributed by atoms with Crippen molar-refractivity contribution in [1.29, 1.82) is 0 Å². The maximum atomic E-state index is 12.6. The van der Waals surface area contributed by atoms with Crippen LogP contribution in [0.3, 0.4) is 0 Å². The van der Waals surface area contributed by atoms with Gasteiger partial charge in [0.1, 0.15) is 0 Å². The third kappa shape index (κ3) is 9.90. The number of rotatable bonds is 6. The van der Waals surface area contributed by atoms with Crippen LogP contribution in [0.4, 0.5) is 0 Å². The van der Waals surface area contributed by atoms with Crippen molar-refractivity contribution in [1.82, 2.24) is 0 Å². The van der Waals surface area contributed by atoms with E-state index in [9.17, 15) is 9.23 Å². The average Bonchev–Trinajstić information content (AvgIpc) is 2.94. The van der Waals surface area contributed by atoms with Gasteiger partial charge in [-0.1, -0.05) is 0 Å². The van der Waals surface area contributed by atoms with Crippen molar-refractivity contribution in [2.45, 2.75) is 13.8 Å². The van der Waals surface area contributed by atoms with Gasteiger partial charge in [0.25, 0.3) is 0 Å². The van der Waals surface area contributed by atoms with Gasteiger partial charge in [0.2, 0.25) is 0 Å². The van der Waals surface area contributed by atoms with Crippen LogP contribution in [0.2, 0.25) is 0 Å². The Labute approximate surface area is 236 Å². The Morgan fingerprint density at radius 1 is 0.500 bits per heavy atom. The Morgan fingerprint density at radius 2 is 0.833 bits per heavy atom. The first-order valence-electron chi connectivity index (χ1n) is 11.5. The molecule has 0 aliphatic rings. The summed E-state index contributed by atoms with van der Waals surface area (Å²) in [6.07, 6.45) is 0. The minimum atomic E-state index is -2.86. The first kappa shape index (κ1) is 30.4. The van der Waals surface area contributed by atoms with Gasteiger partial charge in [-0.05, 0) is 0 Å². The molecule has 6 heteroatoms. The molecule has 0 bridgehead atoms. The number of hydrogen-bond donors (Lipinski definition) is 0. The fraction of sp³-hybridized carbons (Fsp3) is 0.0667. The summed E-state index contributed by atoms with van der Waals surface area (Å²) in [6.45, 7) is 10.7. The van der Waals surface area contributed by atoms with Gasteiger partial charge in [0, 0.05) is 0 Å². The van der Waals surface area contributed by atoms with E-state index in [0.29, 0.717) is 0 Å². The summed E-state index contributed by atoms with van der Waals surface area (Å²) in [6, 6.07) is 35.5. The van der Waals surface area contributed by atoms with E-state index in [1.54, 1.807) is 0 Å². The van der Waals surface area contributed by atoms with Crippen LogP contribution in [0.25, 0.3) is 0 Å². The standard InChI is InChI=1S/2C7H7.2C6H5.2C2H3.3O.3Sn/c2*1-7-5-3-2-4-6-7;2*1-2-4-6-5-3-1;2*1-2;;;;;;/h2*2-5H,1H3;2*1-5H;2*1H,2H2;;;;;;. The summed E-state index contributed by atoms with van der Waals surface area (Å²) in [7, 11) is 0. The summed E-state index contributed by atoms with van der Waals surface area (Å²) in [5, 5.41) is 0. The number of aryl methyl sites for hydroxylation is 2. The molecule has 0 heterocycles. The van der Waals surface area contributed by atoms with Crippen molar-refractivity contribution >= 4 is 73.6 Å². The van der Waals surface area contributed by atoms with Crippen molar-refractivity contribution in [2.24, 2.45) is 0 Å². The normalized spacial score (nSPS) is 9.39. The van der Waals surface area contributed by atoms with Crippen LogP contribution in [0, 0.1) is 13.8 Å². The van der Waals surface area contributed by atoms with Crippen LogP contribution < -0.4 is 14.3 Å². The van der Waals surface area contributed by atoms with Crippen molar-refractivity contribution in [3.8, 4) is 0 Å². The summed E-state index contributed by atoms with van der Waals surface area (Å²) < 4.78 is 42.1. The number of hydrogen-bond acceptors (Lipinski definition) is 3. The fourth-order valence-electron chi connectivity index (χ4n) is 3.23. The summed E-state index contributed by atoms with van der Waals surface area (Å²) >= 11 is -7.95. The molecular weight excluding hydrogens is 764 g/mol. The average molecular weight is 795 g/mol. The Kier molecular flexibility index (Phi) is 14.2. The van der Waals surface area contributed by atoms with Crippen molar-refractivity contribution in [2.75, 3.05) is 0 Å². The molecule has 3 nitrogen and oxygen atoms in total. The molecule has 180 valence electrons. The predicted molar refractivity (Wildman–Crippen MR) is 153 cm³/mol. The van der Waals surface area contributed by atoms with Crippen LogP contribution in [0.1, 0.15) is 11.1 Å². The van der Waals surface area contributed by atoms with Crippen LogP contribution in [0.5, 0.6) is 0 Å². The fourth-order valence-corrected chi connectivity index (χ4v) is 12.2. The third-order valence-corrected chi connectivity index (χ3v) is 18.4. The zero-order valence-electron chi connectivity index (χ0n) is 20.7. The SMILES string of the molecule is C=[CH][Sn](=[O])[CH]=C.Cc1cccc[c]1[Sn](=[O])[c]1ccccc1C.[O]=[Sn]([c]1ccccc1)[c]1ccccc1. The van der Waals surface area contributed by atoms with Crippen molar-refractivity contribution in [3.63, 3.8) is 0 Å². The first-order valence-corrected chi connectivity index (χ1v) is 24.0. The maximum absolute atomic E-state index is 12.6. The van der Waals surface area contributed by atoms with Gasteiger partial charge in [-0.3, -0.25) is 0 Å². The zero-order chi connectivity index (χ0) is 26.3. The van der Waals surface area contributed by atoms with E-state index in [-0.39, 0.29) is 0 Å². The van der Waals surface area contributed by atoms with E-state index in [1.165, 1.54) is 8.18 Å². The van der Waals surface area contributed by atoms with Gasteiger partial charge in [-0.2, -0.15) is 0 Å². The second-order valence-electron chi connectivity index (χ2n) is 7.83. The minimum absolute atomic E-state index is 1.01. The van der Waals surface area contributed by atoms with Gasteiger partial charge < -0.3 is 0 Å². The second kappa shape index (κ2) is 16.8. The molecule has 0 spiro atoms. The summed E-state index contributed by atoms with van der Waals surface area (Å²) in [5.74, 6) is 0. The van der Waals surface area contributed by atoms with Gasteiger partial charge in [0.15, 0.2) is 0 Å². The molecule has 0 saturated carbocycles. The monoisotopic (exact) mass is 798 g/mol. The quantitative estimate of drug-likeness (QED) is 0.279. The predicted octanol–water partition coefficient (Wildman–Crippen LogP) is 3.92. The second-order valence-corrected chi connectivity index (χ2v) is 22.6. The van der Waals surface area contributed by atoms with Crippen LogP contribution in [-0.2, 0) is 9.23 Å². The molecule has 0 fully saturated rings. The Hall–Kier alpha value is -1.84. The molecule has 0 aromatic heterocycles. The molecule has 0 saturated heterocycles. The summed E-state index contributed by atoms with van der Waals surface area (Å²) in [5.41, 5.74) is 2.30. The Morgan fingerprint density at radius 3 is 1.14 bits per heavy atom. The molecule has 0 atom stereocenters. The molecule has 4 aromatic carbocycles. The molecule has 0 aliphatic carbocycles. The Bertz CT molecular complexity index is 1230. The van der Waals surface area contributed by atoms with Crippen LogP contribution in [0.15, 0.2) is 131 Å². The van der Waals surface area contributed by atoms with Gasteiger partial charge in [0.05, 0.1) is 0 Å². The van der Waals surface area contributed by atoms with E-state index in [4.69, 9.17) is 0 Å². The van der Waals surface area contributed by atoms with Gasteiger partial charge in [-0.25, -0.2) is 0 Å². The van der Waals surface area contributed by atoms with E-state index < -0.39 is 59.2 Å². The molecule has 4 aromatic rings. The van der Waals surface area contributed by atoms with E-state index >= 15 is 0 Å². The van der Waals surface area contributed by atoms with Crippen molar-refractivity contribution in [3.05, 3.63) is 142 Å². The molecule has 0 amide bonds. The molecule has 36 heavy (non-hydrogen) atoms. The number of benzene rings is 4. The molecule has 0 aliphatic heterocycles. The van der Waals surface area contributed by atoms with E-state index in [2.05, 4.69) is 13.2 Å². The van der Waals surface area contributed by atoms with E-state index in [1.807, 2.05) is 123 Å². The third-order valence-electron chi connectivity index (χ3n) is 5.25. The van der Waals surface area contributed by atoms with Gasteiger partial charge in [-0.15, -0.1) is 0 Å². The van der Waals surface area contributed by atoms with Crippen molar-refractivity contribution < 1.29 is 9.23 Å². The van der Waals surface area contributed by atoms with Crippen LogP contribution >= 0.6 is 0 Å². The molecule has 0 unspecified atom stereocenters. The van der Waals surface area contributed by atoms with Crippen LogP contribution in [-0.4, -0.2) is 59.2 Å². The van der Waals surface area contributed by atoms with Gasteiger partial charge >= 0.3 is 238 Å². The zero-order valence-corrected chi connectivity index (χ0v) is 29.2. The molecular formula is C30H30O3Sn3. The first-order chi connectivity index (χ1) is 17.4. The topological polar surface area (TPSA) is 51.2 Å².